The molecule has 0 amide bonds. The Morgan fingerprint density at radius 3 is 2.52 bits per heavy atom. The van der Waals surface area contributed by atoms with Crippen molar-refractivity contribution in [2.75, 3.05) is 0 Å². The van der Waals surface area contributed by atoms with Gasteiger partial charge in [-0.1, -0.05) is 76.5 Å². The van der Waals surface area contributed by atoms with E-state index in [1.165, 1.54) is 51.4 Å². The van der Waals surface area contributed by atoms with Gasteiger partial charge < -0.3 is 0 Å². The predicted octanol–water partition coefficient (Wildman–Crippen LogP) is 7.97. The third-order valence-corrected chi connectivity index (χ3v) is 9.32. The highest BCUT2D eigenvalue weighted by Crippen LogP contribution is 2.63. The van der Waals surface area contributed by atoms with E-state index in [9.17, 15) is 0 Å². The van der Waals surface area contributed by atoms with Crippen LogP contribution in [0.5, 0.6) is 0 Å². The van der Waals surface area contributed by atoms with Crippen molar-refractivity contribution in [2.45, 2.75) is 86.0 Å². The fraction of sp³-hybridized carbons (Fsp3) is 0.778. The van der Waals surface area contributed by atoms with Crippen LogP contribution in [-0.4, -0.2) is 0 Å². The molecule has 0 aromatic carbocycles. The molecule has 4 aliphatic carbocycles. The highest BCUT2D eigenvalue weighted by Gasteiger charge is 2.54. The van der Waals surface area contributed by atoms with E-state index in [1.807, 2.05) is 5.57 Å². The zero-order valence-electron chi connectivity index (χ0n) is 18.5. The lowest BCUT2D eigenvalue weighted by molar-refractivity contribution is 0.0805. The summed E-state index contributed by atoms with van der Waals surface area (Å²) in [7, 11) is 0. The smallest absolute Gasteiger partial charge is 0.0131 e. The van der Waals surface area contributed by atoms with Crippen molar-refractivity contribution in [3.63, 3.8) is 0 Å². The molecule has 27 heavy (non-hydrogen) atoms. The lowest BCUT2D eigenvalue weighted by Crippen LogP contribution is -2.41. The van der Waals surface area contributed by atoms with Gasteiger partial charge in [-0.15, -0.1) is 0 Å². The Bertz CT molecular complexity index is 632. The van der Waals surface area contributed by atoms with E-state index in [2.05, 4.69) is 58.9 Å². The molecule has 7 atom stereocenters. The van der Waals surface area contributed by atoms with E-state index >= 15 is 0 Å². The lowest BCUT2D eigenvalue weighted by atomic mass is 9.54. The number of allylic oxidation sites excluding steroid dienone is 6. The minimum absolute atomic E-state index is 0.535. The van der Waals surface area contributed by atoms with Crippen LogP contribution in [0.25, 0.3) is 0 Å². The van der Waals surface area contributed by atoms with Crippen LogP contribution in [0.15, 0.2) is 35.5 Å². The molecule has 0 spiro atoms. The molecule has 3 fully saturated rings. The van der Waals surface area contributed by atoms with E-state index in [0.717, 1.165) is 35.5 Å². The maximum absolute atomic E-state index is 2.66. The largest absolute Gasteiger partial charge is 0.0852 e. The molecule has 150 valence electrons. The molecule has 0 heterocycles. The predicted molar refractivity (Wildman–Crippen MR) is 117 cm³/mol. The molecule has 0 nitrogen and oxygen atoms in total. The minimum Gasteiger partial charge on any atom is -0.0852 e. The Hall–Kier alpha value is -0.780. The fourth-order valence-electron chi connectivity index (χ4n) is 7.24. The van der Waals surface area contributed by atoms with E-state index in [0.29, 0.717) is 11.3 Å². The first-order chi connectivity index (χ1) is 12.9. The Morgan fingerprint density at radius 1 is 0.926 bits per heavy atom. The summed E-state index contributed by atoms with van der Waals surface area (Å²) in [6.07, 6.45) is 21.8. The molecule has 3 saturated carbocycles. The summed E-state index contributed by atoms with van der Waals surface area (Å²) in [5.74, 6) is 5.71. The Labute approximate surface area is 168 Å². The van der Waals surface area contributed by atoms with Crippen LogP contribution < -0.4 is 0 Å². The molecule has 4 aliphatic rings. The quantitative estimate of drug-likeness (QED) is 0.442. The molecule has 0 aliphatic heterocycles. The number of hydrogen-bond acceptors (Lipinski definition) is 0. The van der Waals surface area contributed by atoms with Crippen molar-refractivity contribution < 1.29 is 0 Å². The maximum atomic E-state index is 2.66. The van der Waals surface area contributed by atoms with Crippen LogP contribution in [0, 0.1) is 46.8 Å². The van der Waals surface area contributed by atoms with Crippen molar-refractivity contribution in [3.05, 3.63) is 35.5 Å². The van der Waals surface area contributed by atoms with E-state index in [1.54, 1.807) is 5.57 Å². The van der Waals surface area contributed by atoms with Gasteiger partial charge in [-0.3, -0.25) is 0 Å². The van der Waals surface area contributed by atoms with Crippen LogP contribution in [-0.2, 0) is 0 Å². The molecule has 0 saturated heterocycles. The van der Waals surface area contributed by atoms with Gasteiger partial charge >= 0.3 is 0 Å². The second-order valence-electron chi connectivity index (χ2n) is 11.0. The van der Waals surface area contributed by atoms with Gasteiger partial charge in [-0.2, -0.15) is 0 Å². The highest BCUT2D eigenvalue weighted by atomic mass is 14.6. The first kappa shape index (κ1) is 19.5. The number of fused-ring (bicyclic) bond motifs is 5. The normalized spacial score (nSPS) is 40.8. The molecule has 4 rings (SSSR count). The van der Waals surface area contributed by atoms with Crippen molar-refractivity contribution in [1.82, 2.24) is 0 Å². The van der Waals surface area contributed by atoms with Crippen molar-refractivity contribution in [3.8, 4) is 0 Å². The van der Waals surface area contributed by atoms with Crippen molar-refractivity contribution >= 4 is 0 Å². The zero-order valence-corrected chi connectivity index (χ0v) is 18.5. The Kier molecular flexibility index (Phi) is 5.47. The molecule has 0 aromatic rings. The average Bonchev–Trinajstić information content (AvgIpc) is 3.02. The third kappa shape index (κ3) is 3.40. The van der Waals surface area contributed by atoms with Gasteiger partial charge in [0.15, 0.2) is 0 Å². The summed E-state index contributed by atoms with van der Waals surface area (Å²) in [5.41, 5.74) is 4.20. The van der Waals surface area contributed by atoms with Crippen LogP contribution in [0.2, 0.25) is 0 Å². The monoisotopic (exact) mass is 366 g/mol. The minimum atomic E-state index is 0.535. The maximum Gasteiger partial charge on any atom is -0.0131 e. The highest BCUT2D eigenvalue weighted by molar-refractivity contribution is 5.35. The van der Waals surface area contributed by atoms with Crippen molar-refractivity contribution in [1.29, 1.82) is 0 Å². The van der Waals surface area contributed by atoms with E-state index < -0.39 is 0 Å². The molecule has 0 radical (unpaired) electrons. The summed E-state index contributed by atoms with van der Waals surface area (Å²) in [6, 6.07) is 0. The first-order valence-electron chi connectivity index (χ1n) is 12.0. The van der Waals surface area contributed by atoms with Crippen molar-refractivity contribution in [2.24, 2.45) is 46.8 Å². The van der Waals surface area contributed by atoms with Gasteiger partial charge in [0, 0.05) is 0 Å². The molecule has 0 bridgehead atoms. The van der Waals surface area contributed by atoms with Gasteiger partial charge in [-0.25, -0.2) is 0 Å². The van der Waals surface area contributed by atoms with E-state index in [4.69, 9.17) is 0 Å². The third-order valence-electron chi connectivity index (χ3n) is 9.32. The van der Waals surface area contributed by atoms with Gasteiger partial charge in [-0.05, 0) is 91.8 Å². The summed E-state index contributed by atoms with van der Waals surface area (Å²) >= 11 is 0. The van der Waals surface area contributed by atoms with Gasteiger partial charge in [0.05, 0.1) is 0 Å². The standard InChI is InChI=1S/C27H42/c1-18(2)19(3)10-11-20(4)25-14-15-26-24-13-12-21-8-6-7-9-22(21)23(24)16-17-27(25,26)5/h10-13,18-20,22-23,25-26H,6-9,14-17H2,1-5H3/b11-10+. The second-order valence-corrected chi connectivity index (χ2v) is 11.0. The number of rotatable bonds is 4. The van der Waals surface area contributed by atoms with Crippen LogP contribution >= 0.6 is 0 Å². The zero-order chi connectivity index (χ0) is 19.2. The Balaban J connectivity index is 1.53. The fourth-order valence-corrected chi connectivity index (χ4v) is 7.24. The molecular weight excluding hydrogens is 324 g/mol. The Morgan fingerprint density at radius 2 is 1.74 bits per heavy atom. The summed E-state index contributed by atoms with van der Waals surface area (Å²) < 4.78 is 0. The molecular formula is C27H42. The summed E-state index contributed by atoms with van der Waals surface area (Å²) in [6.45, 7) is 12.2. The average molecular weight is 367 g/mol. The SMILES string of the molecule is CC(C)C(C)/C=C/C(C)C1CCC2C3=CC=C4CCCCC4C3CCC21C. The molecule has 7 unspecified atom stereocenters. The molecule has 0 heteroatoms. The van der Waals surface area contributed by atoms with Gasteiger partial charge in [0.25, 0.3) is 0 Å². The van der Waals surface area contributed by atoms with Crippen LogP contribution in [0.3, 0.4) is 0 Å². The molecule has 0 N–H and O–H groups in total. The first-order valence-corrected chi connectivity index (χ1v) is 12.0. The molecule has 0 aromatic heterocycles. The van der Waals surface area contributed by atoms with Gasteiger partial charge in [0.2, 0.25) is 0 Å². The number of hydrogen-bond donors (Lipinski definition) is 0. The second kappa shape index (κ2) is 7.57. The lowest BCUT2D eigenvalue weighted by Gasteiger charge is -2.50. The summed E-state index contributed by atoms with van der Waals surface area (Å²) in [5, 5.41) is 0. The van der Waals surface area contributed by atoms with Gasteiger partial charge in [0.1, 0.15) is 0 Å². The van der Waals surface area contributed by atoms with E-state index in [-0.39, 0.29) is 0 Å². The van der Waals surface area contributed by atoms with Crippen LogP contribution in [0.4, 0.5) is 0 Å². The summed E-state index contributed by atoms with van der Waals surface area (Å²) in [4.78, 5) is 0. The van der Waals surface area contributed by atoms with Crippen LogP contribution in [0.1, 0.15) is 86.0 Å². The topological polar surface area (TPSA) is 0 Å².